The molecule has 0 aliphatic rings. The number of aromatic nitrogens is 3. The molecule has 0 atom stereocenters. The highest BCUT2D eigenvalue weighted by Gasteiger charge is 2.18. The molecule has 4 aromatic rings. The number of hydrogen-bond donors (Lipinski definition) is 1. The molecule has 3 heterocycles. The van der Waals surface area contributed by atoms with E-state index >= 15 is 0 Å². The maximum atomic E-state index is 13.1. The molecular formula is C22H18N4O2. The summed E-state index contributed by atoms with van der Waals surface area (Å²) in [5.74, 6) is -0.168. The standard InChI is InChI=1S/C22H18N4O2/c27-21-19(12-18-5-1-2-6-20(18)25-21)15-26(14-16-4-3-9-24-13-16)22(28)17-7-10-23-11-8-17/h1-13H,14-15H2,(H,25,27). The highest BCUT2D eigenvalue weighted by atomic mass is 16.2. The zero-order valence-corrected chi connectivity index (χ0v) is 15.1. The summed E-state index contributed by atoms with van der Waals surface area (Å²) >= 11 is 0. The summed E-state index contributed by atoms with van der Waals surface area (Å²) in [6, 6.07) is 16.5. The second-order valence-corrected chi connectivity index (χ2v) is 6.47. The van der Waals surface area contributed by atoms with E-state index in [9.17, 15) is 9.59 Å². The summed E-state index contributed by atoms with van der Waals surface area (Å²) < 4.78 is 0. The Hall–Kier alpha value is -3.80. The van der Waals surface area contributed by atoms with Crippen LogP contribution in [0.2, 0.25) is 0 Å². The minimum absolute atomic E-state index is 0.168. The molecule has 3 aromatic heterocycles. The molecule has 28 heavy (non-hydrogen) atoms. The Morgan fingerprint density at radius 2 is 1.75 bits per heavy atom. The third-order valence-corrected chi connectivity index (χ3v) is 4.50. The first-order chi connectivity index (χ1) is 13.7. The van der Waals surface area contributed by atoms with Crippen molar-refractivity contribution in [2.24, 2.45) is 0 Å². The van der Waals surface area contributed by atoms with Crippen LogP contribution in [0.1, 0.15) is 21.5 Å². The fourth-order valence-corrected chi connectivity index (χ4v) is 3.10. The molecule has 0 saturated heterocycles. The number of hydrogen-bond acceptors (Lipinski definition) is 4. The van der Waals surface area contributed by atoms with Gasteiger partial charge in [0.1, 0.15) is 0 Å². The Balaban J connectivity index is 1.70. The molecule has 6 nitrogen and oxygen atoms in total. The molecule has 1 amide bonds. The lowest BCUT2D eigenvalue weighted by molar-refractivity contribution is 0.0729. The van der Waals surface area contributed by atoms with Crippen LogP contribution < -0.4 is 5.56 Å². The van der Waals surface area contributed by atoms with Crippen LogP contribution in [0.25, 0.3) is 10.9 Å². The number of aromatic amines is 1. The molecule has 0 aliphatic carbocycles. The minimum Gasteiger partial charge on any atom is -0.330 e. The third kappa shape index (κ3) is 3.81. The van der Waals surface area contributed by atoms with Gasteiger partial charge in [-0.05, 0) is 41.3 Å². The van der Waals surface area contributed by atoms with Gasteiger partial charge in [-0.2, -0.15) is 0 Å². The largest absolute Gasteiger partial charge is 0.330 e. The molecule has 1 aromatic carbocycles. The van der Waals surface area contributed by atoms with Gasteiger partial charge in [0.05, 0.1) is 6.54 Å². The lowest BCUT2D eigenvalue weighted by atomic mass is 10.1. The topological polar surface area (TPSA) is 79.0 Å². The quantitative estimate of drug-likeness (QED) is 0.585. The normalized spacial score (nSPS) is 10.7. The molecule has 6 heteroatoms. The van der Waals surface area contributed by atoms with E-state index < -0.39 is 0 Å². The average Bonchev–Trinajstić information content (AvgIpc) is 2.74. The lowest BCUT2D eigenvalue weighted by Gasteiger charge is -2.23. The maximum absolute atomic E-state index is 13.1. The number of nitrogens with zero attached hydrogens (tertiary/aromatic N) is 3. The number of pyridine rings is 3. The Kier molecular flexibility index (Phi) is 4.93. The van der Waals surface area contributed by atoms with Crippen LogP contribution in [0.5, 0.6) is 0 Å². The Labute approximate surface area is 161 Å². The van der Waals surface area contributed by atoms with Crippen LogP contribution in [0, 0.1) is 0 Å². The molecule has 0 radical (unpaired) electrons. The van der Waals surface area contributed by atoms with Crippen molar-refractivity contribution in [2.75, 3.05) is 0 Å². The zero-order valence-electron chi connectivity index (χ0n) is 15.1. The number of rotatable bonds is 5. The van der Waals surface area contributed by atoms with E-state index in [2.05, 4.69) is 15.0 Å². The smallest absolute Gasteiger partial charge is 0.254 e. The number of amides is 1. The Morgan fingerprint density at radius 3 is 2.54 bits per heavy atom. The van der Waals surface area contributed by atoms with Gasteiger partial charge < -0.3 is 9.88 Å². The van der Waals surface area contributed by atoms with Crippen molar-refractivity contribution in [3.63, 3.8) is 0 Å². The SMILES string of the molecule is O=C(c1ccncc1)N(Cc1cccnc1)Cc1cc2ccccc2[nH]c1=O. The van der Waals surface area contributed by atoms with Gasteiger partial charge in [0, 0.05) is 48.0 Å². The fraction of sp³-hybridized carbons (Fsp3) is 0.0909. The summed E-state index contributed by atoms with van der Waals surface area (Å²) in [5, 5.41) is 0.926. The van der Waals surface area contributed by atoms with Gasteiger partial charge in [-0.25, -0.2) is 0 Å². The Morgan fingerprint density at radius 1 is 0.929 bits per heavy atom. The molecule has 138 valence electrons. The lowest BCUT2D eigenvalue weighted by Crippen LogP contribution is -2.32. The summed E-state index contributed by atoms with van der Waals surface area (Å²) in [7, 11) is 0. The Bertz CT molecular complexity index is 1160. The van der Waals surface area contributed by atoms with Crippen LogP contribution in [0.4, 0.5) is 0 Å². The zero-order chi connectivity index (χ0) is 19.3. The van der Waals surface area contributed by atoms with Crippen molar-refractivity contribution in [3.8, 4) is 0 Å². The monoisotopic (exact) mass is 370 g/mol. The van der Waals surface area contributed by atoms with E-state index in [-0.39, 0.29) is 18.0 Å². The average molecular weight is 370 g/mol. The molecule has 4 rings (SSSR count). The van der Waals surface area contributed by atoms with E-state index in [1.54, 1.807) is 41.8 Å². The van der Waals surface area contributed by atoms with Crippen LogP contribution >= 0.6 is 0 Å². The molecular weight excluding hydrogens is 352 g/mol. The third-order valence-electron chi connectivity index (χ3n) is 4.50. The van der Waals surface area contributed by atoms with E-state index in [0.717, 1.165) is 16.5 Å². The van der Waals surface area contributed by atoms with E-state index in [0.29, 0.717) is 17.7 Å². The highest BCUT2D eigenvalue weighted by Crippen LogP contribution is 2.15. The van der Waals surface area contributed by atoms with Crippen molar-refractivity contribution in [3.05, 3.63) is 106 Å². The van der Waals surface area contributed by atoms with Crippen molar-refractivity contribution in [2.45, 2.75) is 13.1 Å². The first-order valence-corrected chi connectivity index (χ1v) is 8.90. The number of benzene rings is 1. The van der Waals surface area contributed by atoms with Crippen molar-refractivity contribution in [1.82, 2.24) is 19.9 Å². The minimum atomic E-state index is -0.197. The van der Waals surface area contributed by atoms with Gasteiger partial charge in [0.15, 0.2) is 0 Å². The first-order valence-electron chi connectivity index (χ1n) is 8.90. The number of carbonyl (C=O) groups is 1. The van der Waals surface area contributed by atoms with Gasteiger partial charge in [-0.15, -0.1) is 0 Å². The van der Waals surface area contributed by atoms with Crippen molar-refractivity contribution >= 4 is 16.8 Å². The highest BCUT2D eigenvalue weighted by molar-refractivity contribution is 5.94. The van der Waals surface area contributed by atoms with Crippen molar-refractivity contribution < 1.29 is 4.79 Å². The van der Waals surface area contributed by atoms with Gasteiger partial charge >= 0.3 is 0 Å². The maximum Gasteiger partial charge on any atom is 0.254 e. The van der Waals surface area contributed by atoms with Crippen LogP contribution in [-0.2, 0) is 13.1 Å². The second kappa shape index (κ2) is 7.84. The number of nitrogens with one attached hydrogen (secondary N) is 1. The second-order valence-electron chi connectivity index (χ2n) is 6.47. The van der Waals surface area contributed by atoms with Gasteiger partial charge in [-0.1, -0.05) is 24.3 Å². The number of H-pyrrole nitrogens is 1. The van der Waals surface area contributed by atoms with Gasteiger partial charge in [-0.3, -0.25) is 19.6 Å². The molecule has 0 saturated carbocycles. The van der Waals surface area contributed by atoms with E-state index in [1.165, 1.54) is 0 Å². The summed E-state index contributed by atoms with van der Waals surface area (Å²) in [4.78, 5) is 38.3. The predicted molar refractivity (Wildman–Crippen MR) is 107 cm³/mol. The number of fused-ring (bicyclic) bond motifs is 1. The van der Waals surface area contributed by atoms with Gasteiger partial charge in [0.2, 0.25) is 0 Å². The van der Waals surface area contributed by atoms with Crippen LogP contribution in [0.3, 0.4) is 0 Å². The van der Waals surface area contributed by atoms with Crippen LogP contribution in [-0.4, -0.2) is 25.8 Å². The molecule has 0 unspecified atom stereocenters. The molecule has 0 bridgehead atoms. The number of para-hydroxylation sites is 1. The fourth-order valence-electron chi connectivity index (χ4n) is 3.10. The van der Waals surface area contributed by atoms with E-state index in [1.807, 2.05) is 42.5 Å². The first kappa shape index (κ1) is 17.6. The predicted octanol–water partition coefficient (Wildman–Crippen LogP) is 3.16. The van der Waals surface area contributed by atoms with Crippen molar-refractivity contribution in [1.29, 1.82) is 0 Å². The van der Waals surface area contributed by atoms with Gasteiger partial charge in [0.25, 0.3) is 11.5 Å². The number of carbonyl (C=O) groups excluding carboxylic acids is 1. The van der Waals surface area contributed by atoms with Crippen LogP contribution in [0.15, 0.2) is 84.2 Å². The summed E-state index contributed by atoms with van der Waals surface area (Å²) in [6.45, 7) is 0.539. The summed E-state index contributed by atoms with van der Waals surface area (Å²) in [5.41, 5.74) is 2.52. The summed E-state index contributed by atoms with van der Waals surface area (Å²) in [6.07, 6.45) is 6.57. The molecule has 1 N–H and O–H groups in total. The van der Waals surface area contributed by atoms with E-state index in [4.69, 9.17) is 0 Å². The molecule has 0 aliphatic heterocycles. The molecule has 0 fully saturated rings. The molecule has 0 spiro atoms.